The van der Waals surface area contributed by atoms with Gasteiger partial charge in [0.25, 0.3) is 0 Å². The van der Waals surface area contributed by atoms with Crippen LogP contribution in [0.15, 0.2) is 85.5 Å². The van der Waals surface area contributed by atoms with Crippen molar-refractivity contribution in [3.63, 3.8) is 0 Å². The lowest BCUT2D eigenvalue weighted by molar-refractivity contribution is -0.160. The second kappa shape index (κ2) is 15.8. The molecule has 0 aromatic heterocycles. The van der Waals surface area contributed by atoms with E-state index in [1.54, 1.807) is 24.3 Å². The van der Waals surface area contributed by atoms with Crippen LogP contribution in [0.2, 0.25) is 0 Å². The zero-order valence-electron chi connectivity index (χ0n) is 27.8. The third-order valence-electron chi connectivity index (χ3n) is 7.82. The number of benzene rings is 4. The molecule has 0 radical (unpaired) electrons. The van der Waals surface area contributed by atoms with Crippen LogP contribution in [-0.2, 0) is 32.0 Å². The predicted molar refractivity (Wildman–Crippen MR) is 183 cm³/mol. The summed E-state index contributed by atoms with van der Waals surface area (Å²) in [6.45, 7) is 3.74. The quantitative estimate of drug-likeness (QED) is 0.0407. The number of carboxylic acids is 1. The van der Waals surface area contributed by atoms with Gasteiger partial charge in [0.2, 0.25) is 18.0 Å². The average molecular weight is 715 g/mol. The first-order valence-electron chi connectivity index (χ1n) is 15.6. The van der Waals surface area contributed by atoms with Gasteiger partial charge >= 0.3 is 17.9 Å². The smallest absolute Gasteiger partial charge is 0.357 e. The Kier molecular flexibility index (Phi) is 11.1. The number of phenols is 4. The summed E-state index contributed by atoms with van der Waals surface area (Å²) in [6.07, 6.45) is -0.0342. The van der Waals surface area contributed by atoms with Gasteiger partial charge in [-0.2, -0.15) is 0 Å². The van der Waals surface area contributed by atoms with Gasteiger partial charge in [-0.15, -0.1) is 6.58 Å². The van der Waals surface area contributed by atoms with Crippen LogP contribution in [0.1, 0.15) is 28.4 Å². The molecule has 270 valence electrons. The number of aromatic hydroxyl groups is 4. The van der Waals surface area contributed by atoms with Gasteiger partial charge in [-0.05, 0) is 77.7 Å². The number of hydrogen-bond donors (Lipinski definition) is 5. The Morgan fingerprint density at radius 1 is 0.808 bits per heavy atom. The van der Waals surface area contributed by atoms with Crippen LogP contribution >= 0.6 is 0 Å². The predicted octanol–water partition coefficient (Wildman–Crippen LogP) is 4.99. The molecule has 52 heavy (non-hydrogen) atoms. The number of carbonyl (C=O) groups is 3. The van der Waals surface area contributed by atoms with Crippen LogP contribution in [0.4, 0.5) is 0 Å². The standard InChI is InChI=1S/C38H34O14/c1-4-5-21-16-30(47-2)35(31(17-21)48-3)52-38(46)36-34(23-9-11-25(40)27(42)19-23)50-28-12-7-20(15-29(28)51-36)8-13-33(43)49-32(37(44)45)18-22-6-10-24(39)26(41)14-22/h4,6-17,19,32,34,36,39-42H,1,5,18H2,2-3H3,(H,44,45)/b13-8+/t32-,34+,36+/m0/s1. The first-order valence-corrected chi connectivity index (χ1v) is 15.6. The largest absolute Gasteiger partial charge is 0.504 e. The van der Waals surface area contributed by atoms with Gasteiger partial charge in [0.15, 0.2) is 52.1 Å². The van der Waals surface area contributed by atoms with Gasteiger partial charge in [0, 0.05) is 18.1 Å². The maximum Gasteiger partial charge on any atom is 0.357 e. The van der Waals surface area contributed by atoms with Crippen molar-refractivity contribution in [1.82, 2.24) is 0 Å². The molecule has 1 aliphatic heterocycles. The number of ether oxygens (including phenoxy) is 6. The highest BCUT2D eigenvalue weighted by atomic mass is 16.6. The highest BCUT2D eigenvalue weighted by Gasteiger charge is 2.41. The minimum absolute atomic E-state index is 0.0263. The van der Waals surface area contributed by atoms with E-state index in [0.717, 1.165) is 17.7 Å². The van der Waals surface area contributed by atoms with Gasteiger partial charge in [-0.25, -0.2) is 14.4 Å². The first-order chi connectivity index (χ1) is 24.9. The normalized spacial score (nSPS) is 15.3. The molecule has 14 heteroatoms. The summed E-state index contributed by atoms with van der Waals surface area (Å²) in [5, 5.41) is 48.9. The third-order valence-corrected chi connectivity index (χ3v) is 7.82. The number of hydrogen-bond acceptors (Lipinski definition) is 13. The molecule has 0 aliphatic carbocycles. The Morgan fingerprint density at radius 3 is 2.10 bits per heavy atom. The van der Waals surface area contributed by atoms with E-state index in [-0.39, 0.29) is 46.5 Å². The lowest BCUT2D eigenvalue weighted by Gasteiger charge is -2.33. The van der Waals surface area contributed by atoms with Gasteiger partial charge in [0.05, 0.1) is 14.2 Å². The van der Waals surface area contributed by atoms with Crippen LogP contribution < -0.4 is 23.7 Å². The fourth-order valence-electron chi connectivity index (χ4n) is 5.26. The molecule has 0 saturated heterocycles. The number of carbonyl (C=O) groups excluding carboxylic acids is 2. The van der Waals surface area contributed by atoms with Crippen molar-refractivity contribution in [3.05, 3.63) is 108 Å². The molecule has 4 aromatic rings. The zero-order valence-corrected chi connectivity index (χ0v) is 27.8. The third kappa shape index (κ3) is 8.30. The molecule has 5 N–H and O–H groups in total. The van der Waals surface area contributed by atoms with Gasteiger partial charge < -0.3 is 54.0 Å². The van der Waals surface area contributed by atoms with E-state index in [1.807, 2.05) is 0 Å². The topological polar surface area (TPSA) is 208 Å². The van der Waals surface area contributed by atoms with E-state index in [9.17, 15) is 39.9 Å². The van der Waals surface area contributed by atoms with Crippen molar-refractivity contribution in [2.75, 3.05) is 14.2 Å². The SMILES string of the molecule is C=CCc1cc(OC)c(OC(=O)[C@@H]2Oc3cc(/C=C/C(=O)O[C@@H](Cc4ccc(O)c(O)c4)C(=O)O)ccc3O[C@@H]2c2ccc(O)c(O)c2)c(OC)c1. The van der Waals surface area contributed by atoms with Crippen LogP contribution in [-0.4, -0.2) is 69.9 Å². The van der Waals surface area contributed by atoms with Crippen LogP contribution in [0.5, 0.6) is 51.7 Å². The molecular weight excluding hydrogens is 680 g/mol. The van der Waals surface area contributed by atoms with Crippen LogP contribution in [0.25, 0.3) is 6.08 Å². The maximum absolute atomic E-state index is 13.9. The molecule has 0 unspecified atom stereocenters. The highest BCUT2D eigenvalue weighted by Crippen LogP contribution is 2.44. The van der Waals surface area contributed by atoms with Gasteiger partial charge in [0.1, 0.15) is 0 Å². The van der Waals surface area contributed by atoms with Gasteiger partial charge in [-0.1, -0.05) is 24.3 Å². The van der Waals surface area contributed by atoms with Crippen molar-refractivity contribution >= 4 is 24.0 Å². The Hall–Kier alpha value is -6.83. The summed E-state index contributed by atoms with van der Waals surface area (Å²) in [4.78, 5) is 38.3. The van der Waals surface area contributed by atoms with E-state index >= 15 is 0 Å². The van der Waals surface area contributed by atoms with Crippen molar-refractivity contribution in [3.8, 4) is 51.7 Å². The fourth-order valence-corrected chi connectivity index (χ4v) is 5.26. The number of allylic oxidation sites excluding steroid dienone is 1. The first kappa shape index (κ1) is 36.5. The summed E-state index contributed by atoms with van der Waals surface area (Å²) < 4.78 is 34.2. The van der Waals surface area contributed by atoms with E-state index in [2.05, 4.69) is 6.58 Å². The Labute approximate surface area is 296 Å². The minimum atomic E-state index is -1.60. The molecule has 0 fully saturated rings. The molecule has 0 saturated carbocycles. The van der Waals surface area contributed by atoms with E-state index in [1.165, 1.54) is 62.8 Å². The molecule has 1 aliphatic rings. The molecule has 3 atom stereocenters. The van der Waals surface area contributed by atoms with E-state index in [0.29, 0.717) is 17.5 Å². The molecule has 4 aromatic carbocycles. The molecule has 0 bridgehead atoms. The van der Waals surface area contributed by atoms with Crippen LogP contribution in [0.3, 0.4) is 0 Å². The van der Waals surface area contributed by atoms with E-state index in [4.69, 9.17) is 28.4 Å². The average Bonchev–Trinajstić information content (AvgIpc) is 3.12. The zero-order chi connectivity index (χ0) is 37.5. The van der Waals surface area contributed by atoms with Crippen LogP contribution in [0, 0.1) is 0 Å². The second-order valence-electron chi connectivity index (χ2n) is 11.4. The Balaban J connectivity index is 1.40. The molecular formula is C38H34O14. The lowest BCUT2D eigenvalue weighted by Crippen LogP contribution is -2.42. The molecule has 0 spiro atoms. The highest BCUT2D eigenvalue weighted by molar-refractivity contribution is 5.89. The number of methoxy groups -OCH3 is 2. The Bertz CT molecular complexity index is 2010. The number of fused-ring (bicyclic) bond motifs is 1. The monoisotopic (exact) mass is 714 g/mol. The number of phenolic OH excluding ortho intramolecular Hbond substituents is 4. The summed E-state index contributed by atoms with van der Waals surface area (Å²) in [5.41, 5.74) is 1.74. The lowest BCUT2D eigenvalue weighted by atomic mass is 10.0. The minimum Gasteiger partial charge on any atom is -0.504 e. The molecule has 5 rings (SSSR count). The maximum atomic E-state index is 13.9. The Morgan fingerprint density at radius 2 is 1.48 bits per heavy atom. The van der Waals surface area contributed by atoms with E-state index < -0.39 is 53.5 Å². The summed E-state index contributed by atoms with van der Waals surface area (Å²) in [5.74, 6) is -4.39. The second-order valence-corrected chi connectivity index (χ2v) is 11.4. The summed E-state index contributed by atoms with van der Waals surface area (Å²) in [6, 6.07) is 15.5. The molecule has 0 amide bonds. The number of rotatable bonds is 13. The van der Waals surface area contributed by atoms with Crippen molar-refractivity contribution in [2.24, 2.45) is 0 Å². The van der Waals surface area contributed by atoms with Crippen molar-refractivity contribution in [1.29, 1.82) is 0 Å². The summed E-state index contributed by atoms with van der Waals surface area (Å²) in [7, 11) is 2.80. The molecule has 1 heterocycles. The number of carboxylic acid groups (broad SMARTS) is 1. The number of aliphatic carboxylic acids is 1. The van der Waals surface area contributed by atoms with Gasteiger partial charge in [-0.3, -0.25) is 0 Å². The fraction of sp³-hybridized carbons (Fsp3) is 0.184. The van der Waals surface area contributed by atoms with Crippen molar-refractivity contribution < 1.29 is 68.3 Å². The number of esters is 2. The summed E-state index contributed by atoms with van der Waals surface area (Å²) >= 11 is 0. The van der Waals surface area contributed by atoms with Crippen molar-refractivity contribution in [2.45, 2.75) is 31.2 Å². The molecule has 14 nitrogen and oxygen atoms in total.